The van der Waals surface area contributed by atoms with Crippen LogP contribution < -0.4 is 0 Å². The molecule has 1 aromatic rings. The topological polar surface area (TPSA) is 46.7 Å². The molecule has 1 aromatic carbocycles. The van der Waals surface area contributed by atoms with Crippen molar-refractivity contribution in [3.05, 3.63) is 47.0 Å². The molecule has 0 amide bonds. The van der Waals surface area contributed by atoms with Crippen molar-refractivity contribution in [3.8, 4) is 0 Å². The molecule has 0 bridgehead atoms. The van der Waals surface area contributed by atoms with Gasteiger partial charge in [-0.15, -0.1) is 0 Å². The summed E-state index contributed by atoms with van der Waals surface area (Å²) in [6.45, 7) is 3.94. The number of benzene rings is 1. The zero-order valence-electron chi connectivity index (χ0n) is 10.4. The Hall–Kier alpha value is -1.74. The van der Waals surface area contributed by atoms with Crippen molar-refractivity contribution >= 4 is 11.6 Å². The number of carbonyl (C=O) groups is 2. The first kappa shape index (κ1) is 11.4. The van der Waals surface area contributed by atoms with Gasteiger partial charge in [0.2, 0.25) is 0 Å². The lowest BCUT2D eigenvalue weighted by molar-refractivity contribution is 0.0862. The van der Waals surface area contributed by atoms with Gasteiger partial charge in [0, 0.05) is 17.5 Å². The molecule has 1 saturated heterocycles. The van der Waals surface area contributed by atoms with E-state index in [9.17, 15) is 9.59 Å². The van der Waals surface area contributed by atoms with Crippen molar-refractivity contribution < 1.29 is 14.3 Å². The van der Waals surface area contributed by atoms with Gasteiger partial charge in [-0.2, -0.15) is 0 Å². The van der Waals surface area contributed by atoms with E-state index in [4.69, 9.17) is 4.74 Å². The lowest BCUT2D eigenvalue weighted by atomic mass is 9.80. The molecule has 0 saturated carbocycles. The standard InChI is InChI=1S/C15H14O3/c1-9(2)7-8-15-13(17)11-6-4-3-5-10(11)12(16)14(15)18-15/h3-7,14H,8H2,1-2H3/t14-,15-/m1/s1. The number of allylic oxidation sites excluding steroid dienone is 1. The highest BCUT2D eigenvalue weighted by Gasteiger charge is 2.68. The van der Waals surface area contributed by atoms with E-state index in [1.54, 1.807) is 24.3 Å². The third-order valence-corrected chi connectivity index (χ3v) is 3.57. The summed E-state index contributed by atoms with van der Waals surface area (Å²) in [5, 5.41) is 0. The Labute approximate surface area is 105 Å². The van der Waals surface area contributed by atoms with E-state index < -0.39 is 11.7 Å². The molecule has 1 aliphatic heterocycles. The largest absolute Gasteiger partial charge is 0.348 e. The van der Waals surface area contributed by atoms with Crippen LogP contribution in [0.15, 0.2) is 35.9 Å². The van der Waals surface area contributed by atoms with Gasteiger partial charge in [-0.1, -0.05) is 35.9 Å². The van der Waals surface area contributed by atoms with Gasteiger partial charge < -0.3 is 4.74 Å². The summed E-state index contributed by atoms with van der Waals surface area (Å²) < 4.78 is 5.48. The number of carbonyl (C=O) groups excluding carboxylic acids is 2. The SMILES string of the molecule is CC(C)=CC[C@]12O[C@@H]1C(=O)c1ccccc1C2=O. The van der Waals surface area contributed by atoms with Crippen molar-refractivity contribution in [1.82, 2.24) is 0 Å². The van der Waals surface area contributed by atoms with Crippen LogP contribution in [0.2, 0.25) is 0 Å². The molecule has 3 heteroatoms. The predicted octanol–water partition coefficient (Wildman–Crippen LogP) is 2.56. The van der Waals surface area contributed by atoms with Gasteiger partial charge in [-0.05, 0) is 13.8 Å². The van der Waals surface area contributed by atoms with Crippen LogP contribution >= 0.6 is 0 Å². The first-order valence-corrected chi connectivity index (χ1v) is 6.05. The molecule has 1 aliphatic carbocycles. The van der Waals surface area contributed by atoms with E-state index in [2.05, 4.69) is 0 Å². The second-order valence-electron chi connectivity index (χ2n) is 5.11. The molecule has 18 heavy (non-hydrogen) atoms. The van der Waals surface area contributed by atoms with Gasteiger partial charge in [0.25, 0.3) is 0 Å². The smallest absolute Gasteiger partial charge is 0.198 e. The van der Waals surface area contributed by atoms with E-state index in [0.29, 0.717) is 17.5 Å². The highest BCUT2D eigenvalue weighted by atomic mass is 16.6. The average molecular weight is 242 g/mol. The quantitative estimate of drug-likeness (QED) is 0.591. The van der Waals surface area contributed by atoms with Crippen molar-refractivity contribution in [3.63, 3.8) is 0 Å². The molecule has 3 rings (SSSR count). The number of epoxide rings is 1. The highest BCUT2D eigenvalue weighted by molar-refractivity contribution is 6.22. The molecule has 1 fully saturated rings. The minimum absolute atomic E-state index is 0.0554. The Balaban J connectivity index is 2.03. The maximum absolute atomic E-state index is 12.4. The Kier molecular flexibility index (Phi) is 2.29. The summed E-state index contributed by atoms with van der Waals surface area (Å²) in [7, 11) is 0. The molecular weight excluding hydrogens is 228 g/mol. The number of ketones is 2. The maximum Gasteiger partial charge on any atom is 0.198 e. The van der Waals surface area contributed by atoms with Crippen LogP contribution in [-0.2, 0) is 4.74 Å². The fourth-order valence-corrected chi connectivity index (χ4v) is 2.48. The molecule has 3 nitrogen and oxygen atoms in total. The van der Waals surface area contributed by atoms with Crippen LogP contribution in [0.3, 0.4) is 0 Å². The fourth-order valence-electron chi connectivity index (χ4n) is 2.48. The monoisotopic (exact) mass is 242 g/mol. The third kappa shape index (κ3) is 1.40. The Morgan fingerprint density at radius 1 is 1.28 bits per heavy atom. The molecule has 1 heterocycles. The molecular formula is C15H14O3. The van der Waals surface area contributed by atoms with E-state index in [0.717, 1.165) is 5.57 Å². The second-order valence-corrected chi connectivity index (χ2v) is 5.11. The summed E-state index contributed by atoms with van der Waals surface area (Å²) in [5.41, 5.74) is 1.21. The minimum atomic E-state index is -0.914. The first-order chi connectivity index (χ1) is 8.56. The van der Waals surface area contributed by atoms with Crippen LogP contribution in [0.1, 0.15) is 41.0 Å². The molecule has 2 atom stereocenters. The molecule has 0 unspecified atom stereocenters. The van der Waals surface area contributed by atoms with E-state index in [1.165, 1.54) is 0 Å². The lowest BCUT2D eigenvalue weighted by Crippen LogP contribution is -2.36. The molecule has 2 aliphatic rings. The number of fused-ring (bicyclic) bond motifs is 2. The molecule has 0 spiro atoms. The average Bonchev–Trinajstić information content (AvgIpc) is 3.10. The van der Waals surface area contributed by atoms with Gasteiger partial charge in [0.15, 0.2) is 23.3 Å². The summed E-state index contributed by atoms with van der Waals surface area (Å²) in [5.74, 6) is -0.118. The third-order valence-electron chi connectivity index (χ3n) is 3.57. The van der Waals surface area contributed by atoms with Crippen molar-refractivity contribution in [2.45, 2.75) is 32.0 Å². The van der Waals surface area contributed by atoms with Gasteiger partial charge in [0.05, 0.1) is 0 Å². The maximum atomic E-state index is 12.4. The number of ether oxygens (including phenoxy) is 1. The van der Waals surface area contributed by atoms with Gasteiger partial charge in [0.1, 0.15) is 0 Å². The summed E-state index contributed by atoms with van der Waals surface area (Å²) in [6.07, 6.45) is 1.87. The first-order valence-electron chi connectivity index (χ1n) is 6.05. The van der Waals surface area contributed by atoms with Crippen LogP contribution in [-0.4, -0.2) is 23.3 Å². The zero-order valence-corrected chi connectivity index (χ0v) is 10.4. The van der Waals surface area contributed by atoms with Crippen LogP contribution in [0.25, 0.3) is 0 Å². The normalized spacial score (nSPS) is 28.4. The van der Waals surface area contributed by atoms with Crippen molar-refractivity contribution in [2.75, 3.05) is 0 Å². The van der Waals surface area contributed by atoms with Crippen molar-refractivity contribution in [1.29, 1.82) is 0 Å². The Morgan fingerprint density at radius 2 is 1.94 bits per heavy atom. The van der Waals surface area contributed by atoms with Crippen molar-refractivity contribution in [2.24, 2.45) is 0 Å². The van der Waals surface area contributed by atoms with E-state index in [-0.39, 0.29) is 11.6 Å². The van der Waals surface area contributed by atoms with Crippen LogP contribution in [0, 0.1) is 0 Å². The van der Waals surface area contributed by atoms with Gasteiger partial charge in [-0.3, -0.25) is 9.59 Å². The van der Waals surface area contributed by atoms with E-state index >= 15 is 0 Å². The van der Waals surface area contributed by atoms with Crippen LogP contribution in [0.5, 0.6) is 0 Å². The Bertz CT molecular complexity index is 581. The minimum Gasteiger partial charge on any atom is -0.348 e. The fraction of sp³-hybridized carbons (Fsp3) is 0.333. The number of rotatable bonds is 2. The molecule has 92 valence electrons. The molecule has 0 aromatic heterocycles. The summed E-state index contributed by atoms with van der Waals surface area (Å²) in [6, 6.07) is 6.95. The number of hydrogen-bond acceptors (Lipinski definition) is 3. The van der Waals surface area contributed by atoms with Gasteiger partial charge in [-0.25, -0.2) is 0 Å². The lowest BCUT2D eigenvalue weighted by Gasteiger charge is -2.17. The number of Topliss-reactive ketones (excluding diaryl/α,β-unsaturated/α-hetero) is 2. The van der Waals surface area contributed by atoms with E-state index in [1.807, 2.05) is 19.9 Å². The summed E-state index contributed by atoms with van der Waals surface area (Å²) >= 11 is 0. The highest BCUT2D eigenvalue weighted by Crippen LogP contribution is 2.48. The molecule has 0 radical (unpaired) electrons. The Morgan fingerprint density at radius 3 is 2.61 bits per heavy atom. The number of hydrogen-bond donors (Lipinski definition) is 0. The molecule has 0 N–H and O–H groups in total. The summed E-state index contributed by atoms with van der Waals surface area (Å²) in [4.78, 5) is 24.6. The second kappa shape index (κ2) is 3.62. The van der Waals surface area contributed by atoms with Crippen LogP contribution in [0.4, 0.5) is 0 Å². The predicted molar refractivity (Wildman–Crippen MR) is 66.8 cm³/mol. The zero-order chi connectivity index (χ0) is 12.9. The van der Waals surface area contributed by atoms with Gasteiger partial charge >= 0.3 is 0 Å².